The lowest BCUT2D eigenvalue weighted by Gasteiger charge is -2.25. The Morgan fingerprint density at radius 2 is 1.72 bits per heavy atom. The van der Waals surface area contributed by atoms with Gasteiger partial charge >= 0.3 is 0 Å². The lowest BCUT2D eigenvalue weighted by atomic mass is 10.1. The molecular weight excluding hydrogens is 390 g/mol. The van der Waals surface area contributed by atoms with E-state index in [0.717, 1.165) is 16.1 Å². The highest BCUT2D eigenvalue weighted by Gasteiger charge is 2.16. The average Bonchev–Trinajstić information content (AvgIpc) is 3.08. The first-order chi connectivity index (χ1) is 14.1. The van der Waals surface area contributed by atoms with Crippen LogP contribution in [0.1, 0.15) is 5.56 Å². The number of methoxy groups -OCH3 is 3. The van der Waals surface area contributed by atoms with Crippen LogP contribution in [0.3, 0.4) is 0 Å². The molecule has 0 aliphatic carbocycles. The van der Waals surface area contributed by atoms with Crippen LogP contribution >= 0.6 is 11.3 Å². The Morgan fingerprint density at radius 3 is 2.34 bits per heavy atom. The van der Waals surface area contributed by atoms with Gasteiger partial charge in [-0.1, -0.05) is 29.5 Å². The number of fused-ring (bicyclic) bond motifs is 1. The molecule has 0 saturated heterocycles. The van der Waals surface area contributed by atoms with Gasteiger partial charge < -0.3 is 19.1 Å². The average molecular weight is 411 g/mol. The SMILES string of the molecule is COc1cc(/C=c2/sc3n(c2=O)CN(c2ccccc2)CN=3)cc(OC)c1OC. The number of nitrogens with zero attached hydrogens (tertiary/aromatic N) is 3. The normalized spacial score (nSPS) is 13.6. The summed E-state index contributed by atoms with van der Waals surface area (Å²) in [6, 6.07) is 13.6. The summed E-state index contributed by atoms with van der Waals surface area (Å²) in [6.45, 7) is 0.995. The topological polar surface area (TPSA) is 65.3 Å². The second-order valence-electron chi connectivity index (χ2n) is 6.40. The van der Waals surface area contributed by atoms with Crippen LogP contribution in [0.15, 0.2) is 52.3 Å². The van der Waals surface area contributed by atoms with Crippen molar-refractivity contribution in [2.45, 2.75) is 6.67 Å². The van der Waals surface area contributed by atoms with Gasteiger partial charge in [0.05, 0.1) is 25.9 Å². The molecule has 4 rings (SSSR count). The summed E-state index contributed by atoms with van der Waals surface area (Å²) in [4.78, 5) is 20.4. The molecule has 7 nitrogen and oxygen atoms in total. The third-order valence-corrected chi connectivity index (χ3v) is 5.73. The van der Waals surface area contributed by atoms with Crippen LogP contribution in [0, 0.1) is 0 Å². The molecule has 0 spiro atoms. The highest BCUT2D eigenvalue weighted by Crippen LogP contribution is 2.38. The highest BCUT2D eigenvalue weighted by atomic mass is 32.1. The maximum Gasteiger partial charge on any atom is 0.271 e. The molecule has 0 N–H and O–H groups in total. The fraction of sp³-hybridized carbons (Fsp3) is 0.238. The molecule has 1 aliphatic rings. The number of benzene rings is 2. The van der Waals surface area contributed by atoms with Crippen molar-refractivity contribution in [1.82, 2.24) is 4.57 Å². The van der Waals surface area contributed by atoms with Gasteiger partial charge in [-0.05, 0) is 35.9 Å². The fourth-order valence-corrected chi connectivity index (χ4v) is 4.21. The Hall–Kier alpha value is -3.26. The molecule has 1 aromatic heterocycles. The number of ether oxygens (including phenoxy) is 3. The molecule has 0 bridgehead atoms. The van der Waals surface area contributed by atoms with Crippen LogP contribution in [-0.2, 0) is 6.67 Å². The predicted octanol–water partition coefficient (Wildman–Crippen LogP) is 1.82. The number of anilines is 1. The van der Waals surface area contributed by atoms with Crippen LogP contribution in [0.2, 0.25) is 0 Å². The standard InChI is InChI=1S/C21H21N3O4S/c1-26-16-9-14(10-17(27-2)19(16)28-3)11-18-20(25)24-13-23(12-22-21(24)29-18)15-7-5-4-6-8-15/h4-11H,12-13H2,1-3H3/b18-11+. The van der Waals surface area contributed by atoms with Gasteiger partial charge in [0.1, 0.15) is 13.3 Å². The van der Waals surface area contributed by atoms with E-state index < -0.39 is 0 Å². The molecule has 0 saturated carbocycles. The lowest BCUT2D eigenvalue weighted by molar-refractivity contribution is 0.324. The highest BCUT2D eigenvalue weighted by molar-refractivity contribution is 7.07. The van der Waals surface area contributed by atoms with Gasteiger partial charge in [0.2, 0.25) is 5.75 Å². The summed E-state index contributed by atoms with van der Waals surface area (Å²) in [5.74, 6) is 1.60. The van der Waals surface area contributed by atoms with Crippen molar-refractivity contribution in [3.05, 3.63) is 67.7 Å². The van der Waals surface area contributed by atoms with Crippen LogP contribution in [0.4, 0.5) is 5.69 Å². The van der Waals surface area contributed by atoms with Crippen molar-refractivity contribution in [3.63, 3.8) is 0 Å². The van der Waals surface area contributed by atoms with E-state index >= 15 is 0 Å². The number of hydrogen-bond donors (Lipinski definition) is 0. The first-order valence-electron chi connectivity index (χ1n) is 9.00. The Morgan fingerprint density at radius 1 is 1.03 bits per heavy atom. The van der Waals surface area contributed by atoms with Gasteiger partial charge in [-0.15, -0.1) is 0 Å². The van der Waals surface area contributed by atoms with Crippen molar-refractivity contribution in [3.8, 4) is 17.2 Å². The predicted molar refractivity (Wildman–Crippen MR) is 113 cm³/mol. The molecule has 0 amide bonds. The molecule has 150 valence electrons. The molecule has 1 aliphatic heterocycles. The summed E-state index contributed by atoms with van der Waals surface area (Å²) in [6.07, 6.45) is 1.82. The van der Waals surface area contributed by atoms with Crippen molar-refractivity contribution < 1.29 is 14.2 Å². The quantitative estimate of drug-likeness (QED) is 0.641. The zero-order chi connectivity index (χ0) is 20.4. The van der Waals surface area contributed by atoms with Crippen LogP contribution in [-0.4, -0.2) is 32.6 Å². The zero-order valence-corrected chi connectivity index (χ0v) is 17.2. The maximum absolute atomic E-state index is 13.0. The number of thiazole rings is 1. The first kappa shape index (κ1) is 19.1. The van der Waals surface area contributed by atoms with E-state index in [9.17, 15) is 4.79 Å². The van der Waals surface area contributed by atoms with Crippen LogP contribution in [0.25, 0.3) is 6.08 Å². The van der Waals surface area contributed by atoms with Gasteiger partial charge in [0.15, 0.2) is 16.3 Å². The number of aromatic nitrogens is 1. The number of para-hydroxylation sites is 1. The van der Waals surface area contributed by atoms with Gasteiger partial charge in [-0.25, -0.2) is 4.99 Å². The summed E-state index contributed by atoms with van der Waals surface area (Å²) in [5.41, 5.74) is 1.76. The second kappa shape index (κ2) is 8.00. The summed E-state index contributed by atoms with van der Waals surface area (Å²) >= 11 is 1.38. The molecular formula is C21H21N3O4S. The Labute approximate surface area is 171 Å². The summed E-state index contributed by atoms with van der Waals surface area (Å²) < 4.78 is 18.5. The van der Waals surface area contributed by atoms with Gasteiger partial charge in [0, 0.05) is 5.69 Å². The minimum atomic E-state index is -0.0665. The Bertz CT molecular complexity index is 1180. The molecule has 3 aromatic rings. The van der Waals surface area contributed by atoms with Gasteiger partial charge in [0.25, 0.3) is 5.56 Å². The van der Waals surface area contributed by atoms with Crippen LogP contribution in [0.5, 0.6) is 17.2 Å². The smallest absolute Gasteiger partial charge is 0.271 e. The second-order valence-corrected chi connectivity index (χ2v) is 7.41. The van der Waals surface area contributed by atoms with E-state index in [1.807, 2.05) is 48.5 Å². The molecule has 8 heteroatoms. The number of rotatable bonds is 5. The van der Waals surface area contributed by atoms with E-state index in [-0.39, 0.29) is 5.56 Å². The van der Waals surface area contributed by atoms with Crippen LogP contribution < -0.4 is 34.0 Å². The zero-order valence-electron chi connectivity index (χ0n) is 16.4. The summed E-state index contributed by atoms with van der Waals surface area (Å²) in [7, 11) is 4.69. The Kier molecular flexibility index (Phi) is 5.26. The van der Waals surface area contributed by atoms with Crippen molar-refractivity contribution >= 4 is 23.1 Å². The number of hydrogen-bond acceptors (Lipinski definition) is 7. The molecule has 2 heterocycles. The Balaban J connectivity index is 1.75. The van der Waals surface area contributed by atoms with Crippen molar-refractivity contribution in [1.29, 1.82) is 0 Å². The lowest BCUT2D eigenvalue weighted by Crippen LogP contribution is -2.42. The van der Waals surface area contributed by atoms with E-state index in [4.69, 9.17) is 14.2 Å². The molecule has 0 radical (unpaired) electrons. The van der Waals surface area contributed by atoms with Gasteiger partial charge in [-0.2, -0.15) is 0 Å². The van der Waals surface area contributed by atoms with E-state index in [0.29, 0.717) is 35.1 Å². The fourth-order valence-electron chi connectivity index (χ4n) is 3.25. The van der Waals surface area contributed by atoms with E-state index in [2.05, 4.69) is 9.89 Å². The molecule has 0 unspecified atom stereocenters. The minimum absolute atomic E-state index is 0.0665. The maximum atomic E-state index is 13.0. The molecule has 0 atom stereocenters. The van der Waals surface area contributed by atoms with Gasteiger partial charge in [-0.3, -0.25) is 9.36 Å². The van der Waals surface area contributed by atoms with Crippen molar-refractivity contribution in [2.24, 2.45) is 4.99 Å². The monoisotopic (exact) mass is 411 g/mol. The third kappa shape index (κ3) is 3.58. The summed E-state index contributed by atoms with van der Waals surface area (Å²) in [5, 5.41) is 0. The molecule has 29 heavy (non-hydrogen) atoms. The third-order valence-electron chi connectivity index (χ3n) is 4.68. The molecule has 2 aromatic carbocycles. The van der Waals surface area contributed by atoms with Crippen molar-refractivity contribution in [2.75, 3.05) is 32.9 Å². The van der Waals surface area contributed by atoms with E-state index in [1.54, 1.807) is 25.9 Å². The minimum Gasteiger partial charge on any atom is -0.493 e. The molecule has 0 fully saturated rings. The van der Waals surface area contributed by atoms with E-state index in [1.165, 1.54) is 11.3 Å². The largest absolute Gasteiger partial charge is 0.493 e. The first-order valence-corrected chi connectivity index (χ1v) is 9.82.